The van der Waals surface area contributed by atoms with Gasteiger partial charge in [-0.15, -0.1) is 0 Å². The van der Waals surface area contributed by atoms with Gasteiger partial charge in [0.1, 0.15) is 4.32 Å². The maximum atomic E-state index is 13.6. The van der Waals surface area contributed by atoms with E-state index in [1.807, 2.05) is 4.90 Å². The summed E-state index contributed by atoms with van der Waals surface area (Å²) in [5, 5.41) is 8.90. The van der Waals surface area contributed by atoms with Gasteiger partial charge in [-0.3, -0.25) is 24.3 Å². The van der Waals surface area contributed by atoms with Crippen LogP contribution in [0.2, 0.25) is 0 Å². The summed E-state index contributed by atoms with van der Waals surface area (Å²) in [6.45, 7) is 3.74. The Morgan fingerprint density at radius 3 is 2.40 bits per heavy atom. The molecule has 4 rings (SSSR count). The highest BCUT2D eigenvalue weighted by molar-refractivity contribution is 8.26. The molecule has 2 aromatic rings. The van der Waals surface area contributed by atoms with Gasteiger partial charge in [-0.2, -0.15) is 0 Å². The number of carboxylic acid groups (broad SMARTS) is 1. The number of carbonyl (C=O) groups is 2. The van der Waals surface area contributed by atoms with Crippen molar-refractivity contribution in [2.24, 2.45) is 0 Å². The van der Waals surface area contributed by atoms with Gasteiger partial charge in [0, 0.05) is 44.8 Å². The van der Waals surface area contributed by atoms with E-state index in [9.17, 15) is 22.8 Å². The molecular formula is C23H21F3N4O3S2. The Balaban J connectivity index is 1.40. The molecule has 0 spiro atoms. The summed E-state index contributed by atoms with van der Waals surface area (Å²) in [4.78, 5) is 34.0. The minimum Gasteiger partial charge on any atom is -0.480 e. The van der Waals surface area contributed by atoms with Crippen LogP contribution < -0.4 is 0 Å². The molecule has 0 unspecified atom stereocenters. The van der Waals surface area contributed by atoms with Crippen LogP contribution in [0.5, 0.6) is 0 Å². The summed E-state index contributed by atoms with van der Waals surface area (Å²) in [6, 6.07) is 6.53. The monoisotopic (exact) mass is 522 g/mol. The van der Waals surface area contributed by atoms with Crippen LogP contribution in [0.3, 0.4) is 0 Å². The second-order valence-corrected chi connectivity index (χ2v) is 9.72. The van der Waals surface area contributed by atoms with Crippen LogP contribution >= 0.6 is 24.0 Å². The number of thioether (sulfide) groups is 1. The lowest BCUT2D eigenvalue weighted by Crippen LogP contribution is -2.49. The number of hydrogen-bond acceptors (Lipinski definition) is 7. The van der Waals surface area contributed by atoms with Crippen LogP contribution in [-0.4, -0.2) is 86.8 Å². The first kappa shape index (κ1) is 25.3. The average molecular weight is 523 g/mol. The van der Waals surface area contributed by atoms with Gasteiger partial charge in [-0.1, -0.05) is 30.0 Å². The average Bonchev–Trinajstić information content (AvgIpc) is 3.08. The highest BCUT2D eigenvalue weighted by atomic mass is 32.2. The number of halogens is 3. The van der Waals surface area contributed by atoms with Crippen LogP contribution in [0.15, 0.2) is 35.2 Å². The zero-order chi connectivity index (χ0) is 25.1. The molecule has 2 saturated heterocycles. The first-order chi connectivity index (χ1) is 16.7. The largest absolute Gasteiger partial charge is 0.480 e. The van der Waals surface area contributed by atoms with E-state index in [2.05, 4.69) is 9.88 Å². The quantitative estimate of drug-likeness (QED) is 0.338. The Kier molecular flexibility index (Phi) is 7.85. The second-order valence-electron chi connectivity index (χ2n) is 8.05. The maximum absolute atomic E-state index is 13.6. The zero-order valence-electron chi connectivity index (χ0n) is 18.4. The molecule has 0 saturated carbocycles. The van der Waals surface area contributed by atoms with E-state index in [0.717, 1.165) is 23.9 Å². The SMILES string of the molecule is O=C(O)CN1CCN(CCN2C(=O)C(=Cc3cccc(-c4cc(F)c(F)c(F)c4)n3)SC2=S)CC1. The Bertz CT molecular complexity index is 1180. The molecule has 1 amide bonds. The molecule has 12 heteroatoms. The fraction of sp³-hybridized carbons (Fsp3) is 0.304. The number of amides is 1. The van der Waals surface area contributed by atoms with Crippen molar-refractivity contribution in [1.82, 2.24) is 19.7 Å². The molecule has 3 heterocycles. The topological polar surface area (TPSA) is 77.0 Å². The standard InChI is InChI=1S/C23H21F3N4O3S2/c24-16-10-14(11-17(25)21(16)26)18-3-1-2-15(27-18)12-19-22(33)30(23(34)35-19)9-8-28-4-6-29(7-5-28)13-20(31)32/h1-3,10-12H,4-9,13H2,(H,31,32). The van der Waals surface area contributed by atoms with Gasteiger partial charge in [-0.25, -0.2) is 18.2 Å². The van der Waals surface area contributed by atoms with Crippen molar-refractivity contribution >= 4 is 46.3 Å². The predicted molar refractivity (Wildman–Crippen MR) is 130 cm³/mol. The lowest BCUT2D eigenvalue weighted by molar-refractivity contribution is -0.138. The molecule has 0 radical (unpaired) electrons. The minimum atomic E-state index is -1.55. The van der Waals surface area contributed by atoms with Gasteiger partial charge in [0.25, 0.3) is 5.91 Å². The fourth-order valence-electron chi connectivity index (χ4n) is 3.83. The molecule has 1 aromatic heterocycles. The lowest BCUT2D eigenvalue weighted by atomic mass is 10.1. The number of rotatable bonds is 7. The normalized spacial score (nSPS) is 18.6. The van der Waals surface area contributed by atoms with Gasteiger partial charge in [0.15, 0.2) is 17.5 Å². The third-order valence-corrected chi connectivity index (χ3v) is 7.04. The first-order valence-electron chi connectivity index (χ1n) is 10.7. The number of thiocarbonyl (C=S) groups is 1. The number of aliphatic carboxylic acids is 1. The third kappa shape index (κ3) is 6.07. The lowest BCUT2D eigenvalue weighted by Gasteiger charge is -2.34. The molecule has 35 heavy (non-hydrogen) atoms. The van der Waals surface area contributed by atoms with Crippen molar-refractivity contribution < 1.29 is 27.9 Å². The van der Waals surface area contributed by atoms with Gasteiger partial charge < -0.3 is 5.11 Å². The Hall–Kier alpha value is -2.80. The number of nitrogens with zero attached hydrogens (tertiary/aromatic N) is 4. The molecule has 0 bridgehead atoms. The first-order valence-corrected chi connectivity index (χ1v) is 12.0. The van der Waals surface area contributed by atoms with E-state index in [0.29, 0.717) is 54.2 Å². The molecule has 2 fully saturated rings. The number of carboxylic acids is 1. The number of aromatic nitrogens is 1. The smallest absolute Gasteiger partial charge is 0.317 e. The molecule has 1 aromatic carbocycles. The minimum absolute atomic E-state index is 0.0214. The number of carbonyl (C=O) groups excluding carboxylic acids is 1. The summed E-state index contributed by atoms with van der Waals surface area (Å²) in [7, 11) is 0. The van der Waals surface area contributed by atoms with E-state index in [1.54, 1.807) is 18.2 Å². The molecule has 0 aliphatic carbocycles. The number of hydrogen-bond donors (Lipinski definition) is 1. The summed E-state index contributed by atoms with van der Waals surface area (Å²) in [5.74, 6) is -5.26. The van der Waals surface area contributed by atoms with Crippen molar-refractivity contribution in [2.75, 3.05) is 45.8 Å². The molecule has 184 valence electrons. The molecule has 7 nitrogen and oxygen atoms in total. The van der Waals surface area contributed by atoms with E-state index >= 15 is 0 Å². The van der Waals surface area contributed by atoms with Crippen LogP contribution in [0.4, 0.5) is 13.2 Å². The molecule has 1 N–H and O–H groups in total. The van der Waals surface area contributed by atoms with Crippen molar-refractivity contribution in [1.29, 1.82) is 0 Å². The molecule has 2 aliphatic rings. The summed E-state index contributed by atoms with van der Waals surface area (Å²) in [6.07, 6.45) is 1.56. The molecule has 2 aliphatic heterocycles. The van der Waals surface area contributed by atoms with Crippen LogP contribution in [-0.2, 0) is 9.59 Å². The van der Waals surface area contributed by atoms with Crippen molar-refractivity contribution in [3.8, 4) is 11.3 Å². The van der Waals surface area contributed by atoms with Crippen molar-refractivity contribution in [3.63, 3.8) is 0 Å². The van der Waals surface area contributed by atoms with Crippen LogP contribution in [0.25, 0.3) is 17.3 Å². The van der Waals surface area contributed by atoms with E-state index < -0.39 is 23.4 Å². The summed E-state index contributed by atoms with van der Waals surface area (Å²) >= 11 is 6.53. The maximum Gasteiger partial charge on any atom is 0.317 e. The van der Waals surface area contributed by atoms with E-state index in [-0.39, 0.29) is 23.7 Å². The molecular weight excluding hydrogens is 501 g/mol. The zero-order valence-corrected chi connectivity index (χ0v) is 20.0. The van der Waals surface area contributed by atoms with Gasteiger partial charge in [-0.05, 0) is 30.3 Å². The number of pyridine rings is 1. The Labute approximate surface area is 209 Å². The van der Waals surface area contributed by atoms with Gasteiger partial charge in [0.05, 0.1) is 22.8 Å². The van der Waals surface area contributed by atoms with Gasteiger partial charge in [0.2, 0.25) is 0 Å². The highest BCUT2D eigenvalue weighted by Gasteiger charge is 2.32. The third-order valence-electron chi connectivity index (χ3n) is 5.67. The molecule has 0 atom stereocenters. The second kappa shape index (κ2) is 10.9. The number of piperazine rings is 1. The van der Waals surface area contributed by atoms with E-state index in [1.165, 1.54) is 11.0 Å². The number of benzene rings is 1. The Morgan fingerprint density at radius 1 is 1.09 bits per heavy atom. The predicted octanol–water partition coefficient (Wildman–Crippen LogP) is 3.07. The van der Waals surface area contributed by atoms with Crippen molar-refractivity contribution in [3.05, 3.63) is 58.4 Å². The fourth-order valence-corrected chi connectivity index (χ4v) is 5.12. The van der Waals surface area contributed by atoms with Crippen LogP contribution in [0, 0.1) is 17.5 Å². The summed E-state index contributed by atoms with van der Waals surface area (Å²) < 4.78 is 40.9. The van der Waals surface area contributed by atoms with Gasteiger partial charge >= 0.3 is 5.97 Å². The van der Waals surface area contributed by atoms with E-state index in [4.69, 9.17) is 17.3 Å². The summed E-state index contributed by atoms with van der Waals surface area (Å²) in [5.41, 5.74) is 0.699. The Morgan fingerprint density at radius 2 is 1.74 bits per heavy atom. The van der Waals surface area contributed by atoms with Crippen molar-refractivity contribution in [2.45, 2.75) is 0 Å². The highest BCUT2D eigenvalue weighted by Crippen LogP contribution is 2.32. The van der Waals surface area contributed by atoms with Crippen LogP contribution in [0.1, 0.15) is 5.69 Å².